The van der Waals surface area contributed by atoms with Crippen molar-refractivity contribution in [2.24, 2.45) is 5.92 Å². The Balaban J connectivity index is 2.08. The number of hydrogen-bond donors (Lipinski definition) is 2. The summed E-state index contributed by atoms with van der Waals surface area (Å²) in [6.45, 7) is 1.17. The van der Waals surface area contributed by atoms with Gasteiger partial charge in [0.1, 0.15) is 0 Å². The fraction of sp³-hybridized carbons (Fsp3) is 1.00. The lowest BCUT2D eigenvalue weighted by molar-refractivity contribution is -0.915. The van der Waals surface area contributed by atoms with Crippen LogP contribution in [0.4, 0.5) is 0 Å². The van der Waals surface area contributed by atoms with Crippen LogP contribution in [0.25, 0.3) is 0 Å². The van der Waals surface area contributed by atoms with Gasteiger partial charge in [-0.2, -0.15) is 0 Å². The zero-order valence-electron chi connectivity index (χ0n) is 7.21. The van der Waals surface area contributed by atoms with Crippen molar-refractivity contribution in [3.8, 4) is 0 Å². The number of aliphatic hydroxyl groups is 1. The van der Waals surface area contributed by atoms with Crippen LogP contribution in [0.2, 0.25) is 0 Å². The molecule has 0 aromatic heterocycles. The molecule has 4 atom stereocenters. The van der Waals surface area contributed by atoms with Crippen LogP contribution in [-0.4, -0.2) is 30.8 Å². The Kier molecular flexibility index (Phi) is 1.90. The van der Waals surface area contributed by atoms with Crippen molar-refractivity contribution < 1.29 is 10.0 Å². The lowest BCUT2D eigenvalue weighted by Gasteiger charge is -2.35. The molecule has 0 aromatic carbocycles. The molecule has 0 bridgehead atoms. The summed E-state index contributed by atoms with van der Waals surface area (Å²) in [5, 5.41) is 9.68. The lowest BCUT2D eigenvalue weighted by atomic mass is 9.90. The number of likely N-dealkylation sites (tertiary alicyclic amines) is 1. The van der Waals surface area contributed by atoms with E-state index in [-0.39, 0.29) is 6.10 Å². The summed E-state index contributed by atoms with van der Waals surface area (Å²) in [5.74, 6) is 0.628. The Morgan fingerprint density at radius 2 is 2.09 bits per heavy atom. The summed E-state index contributed by atoms with van der Waals surface area (Å²) in [7, 11) is 2.27. The fourth-order valence-corrected chi connectivity index (χ4v) is 2.84. The quantitative estimate of drug-likeness (QED) is 0.482. The van der Waals surface area contributed by atoms with Gasteiger partial charge in [0.2, 0.25) is 0 Å². The molecule has 2 rings (SSSR count). The molecule has 2 N–H and O–H groups in total. The predicted molar refractivity (Wildman–Crippen MR) is 43.5 cm³/mol. The van der Waals surface area contributed by atoms with E-state index < -0.39 is 0 Å². The van der Waals surface area contributed by atoms with Crippen molar-refractivity contribution in [2.45, 2.75) is 37.8 Å². The van der Waals surface area contributed by atoms with E-state index in [0.717, 1.165) is 12.5 Å². The Labute approximate surface area is 68.2 Å². The SMILES string of the molecule is C[NH+]1CC[C@H](O)[C@H]2CCC[C@@H]21. The second kappa shape index (κ2) is 2.76. The number of nitrogens with one attached hydrogen (secondary N) is 1. The van der Waals surface area contributed by atoms with Crippen molar-refractivity contribution in [1.29, 1.82) is 0 Å². The minimum absolute atomic E-state index is 0.0196. The highest BCUT2D eigenvalue weighted by molar-refractivity contribution is 4.84. The maximum Gasteiger partial charge on any atom is 0.0926 e. The first-order valence-electron chi connectivity index (χ1n) is 4.79. The summed E-state index contributed by atoms with van der Waals surface area (Å²) in [4.78, 5) is 1.65. The first-order chi connectivity index (χ1) is 5.29. The number of rotatable bonds is 0. The molecule has 0 radical (unpaired) electrons. The molecule has 2 nitrogen and oxygen atoms in total. The number of quaternary nitrogens is 1. The highest BCUT2D eigenvalue weighted by Crippen LogP contribution is 2.29. The van der Waals surface area contributed by atoms with E-state index in [1.165, 1.54) is 25.8 Å². The van der Waals surface area contributed by atoms with Gasteiger partial charge in [0.25, 0.3) is 0 Å². The fourth-order valence-electron chi connectivity index (χ4n) is 2.84. The molecule has 64 valence electrons. The molecular weight excluding hydrogens is 138 g/mol. The van der Waals surface area contributed by atoms with E-state index in [0.29, 0.717) is 5.92 Å². The summed E-state index contributed by atoms with van der Waals surface area (Å²) in [6, 6.07) is 0.777. The first-order valence-corrected chi connectivity index (χ1v) is 4.79. The second-order valence-corrected chi connectivity index (χ2v) is 4.15. The Morgan fingerprint density at radius 1 is 1.27 bits per heavy atom. The van der Waals surface area contributed by atoms with E-state index in [2.05, 4.69) is 7.05 Å². The molecule has 2 fully saturated rings. The van der Waals surface area contributed by atoms with Crippen LogP contribution >= 0.6 is 0 Å². The molecule has 1 aliphatic carbocycles. The topological polar surface area (TPSA) is 24.7 Å². The van der Waals surface area contributed by atoms with Gasteiger partial charge in [-0.3, -0.25) is 0 Å². The van der Waals surface area contributed by atoms with Crippen molar-refractivity contribution in [3.05, 3.63) is 0 Å². The van der Waals surface area contributed by atoms with Crippen molar-refractivity contribution >= 4 is 0 Å². The maximum absolute atomic E-state index is 9.68. The molecule has 0 aromatic rings. The van der Waals surface area contributed by atoms with Crippen molar-refractivity contribution in [3.63, 3.8) is 0 Å². The van der Waals surface area contributed by atoms with Gasteiger partial charge >= 0.3 is 0 Å². The van der Waals surface area contributed by atoms with Crippen LogP contribution in [0.5, 0.6) is 0 Å². The van der Waals surface area contributed by atoms with E-state index in [9.17, 15) is 5.11 Å². The lowest BCUT2D eigenvalue weighted by Crippen LogP contribution is -3.15. The standard InChI is InChI=1S/C9H17NO/c1-10-6-5-9(11)7-3-2-4-8(7)10/h7-9,11H,2-6H2,1H3/p+1/t7-,8-,9-/m0/s1. The van der Waals surface area contributed by atoms with Crippen molar-refractivity contribution in [1.82, 2.24) is 0 Å². The van der Waals surface area contributed by atoms with E-state index in [4.69, 9.17) is 0 Å². The van der Waals surface area contributed by atoms with Gasteiger partial charge in [0.15, 0.2) is 0 Å². The number of hydrogen-bond acceptors (Lipinski definition) is 1. The minimum atomic E-state index is 0.0196. The summed E-state index contributed by atoms with van der Waals surface area (Å²) >= 11 is 0. The average Bonchev–Trinajstić information content (AvgIpc) is 2.45. The summed E-state index contributed by atoms with van der Waals surface area (Å²) in [6.07, 6.45) is 4.99. The predicted octanol–water partition coefficient (Wildman–Crippen LogP) is -0.566. The average molecular weight is 156 g/mol. The zero-order valence-corrected chi connectivity index (χ0v) is 7.21. The van der Waals surface area contributed by atoms with Gasteiger partial charge < -0.3 is 10.0 Å². The molecule has 2 heteroatoms. The van der Waals surface area contributed by atoms with E-state index in [1.807, 2.05) is 0 Å². The van der Waals surface area contributed by atoms with Gasteiger partial charge in [0.05, 0.1) is 25.7 Å². The van der Waals surface area contributed by atoms with Crippen LogP contribution in [0.15, 0.2) is 0 Å². The second-order valence-electron chi connectivity index (χ2n) is 4.15. The molecule has 1 heterocycles. The van der Waals surface area contributed by atoms with Gasteiger partial charge in [-0.15, -0.1) is 0 Å². The Bertz CT molecular complexity index is 132. The monoisotopic (exact) mass is 156 g/mol. The number of fused-ring (bicyclic) bond motifs is 1. The Hall–Kier alpha value is -0.0800. The van der Waals surface area contributed by atoms with Crippen molar-refractivity contribution in [2.75, 3.05) is 13.6 Å². The largest absolute Gasteiger partial charge is 0.392 e. The summed E-state index contributed by atoms with van der Waals surface area (Å²) < 4.78 is 0. The molecule has 1 aliphatic heterocycles. The first kappa shape index (κ1) is 7.56. The molecular formula is C9H18NO+. The molecule has 1 saturated carbocycles. The third-order valence-electron chi connectivity index (χ3n) is 3.53. The maximum atomic E-state index is 9.68. The molecule has 1 unspecified atom stereocenters. The zero-order chi connectivity index (χ0) is 7.84. The van der Waals surface area contributed by atoms with E-state index in [1.54, 1.807) is 4.90 Å². The van der Waals surface area contributed by atoms with Crippen LogP contribution in [0.1, 0.15) is 25.7 Å². The normalized spacial score (nSPS) is 50.7. The molecule has 2 aliphatic rings. The van der Waals surface area contributed by atoms with Gasteiger partial charge in [-0.1, -0.05) is 0 Å². The van der Waals surface area contributed by atoms with E-state index >= 15 is 0 Å². The van der Waals surface area contributed by atoms with Crippen LogP contribution in [-0.2, 0) is 0 Å². The highest BCUT2D eigenvalue weighted by Gasteiger charge is 2.41. The van der Waals surface area contributed by atoms with Gasteiger partial charge in [-0.25, -0.2) is 0 Å². The number of piperidine rings is 1. The molecule has 11 heavy (non-hydrogen) atoms. The summed E-state index contributed by atoms with van der Waals surface area (Å²) in [5.41, 5.74) is 0. The van der Waals surface area contributed by atoms with Crippen LogP contribution < -0.4 is 4.90 Å². The van der Waals surface area contributed by atoms with Gasteiger partial charge in [-0.05, 0) is 19.3 Å². The van der Waals surface area contributed by atoms with Crippen LogP contribution in [0.3, 0.4) is 0 Å². The molecule has 1 saturated heterocycles. The smallest absolute Gasteiger partial charge is 0.0926 e. The minimum Gasteiger partial charge on any atom is -0.392 e. The number of aliphatic hydroxyl groups excluding tert-OH is 1. The molecule has 0 amide bonds. The van der Waals surface area contributed by atoms with Gasteiger partial charge in [0, 0.05) is 12.3 Å². The highest BCUT2D eigenvalue weighted by atomic mass is 16.3. The third kappa shape index (κ3) is 1.18. The van der Waals surface area contributed by atoms with Crippen LogP contribution in [0, 0.1) is 5.92 Å². The molecule has 0 spiro atoms. The Morgan fingerprint density at radius 3 is 2.82 bits per heavy atom. The third-order valence-corrected chi connectivity index (χ3v) is 3.53.